The minimum Gasteiger partial charge on any atom is -0.330 e. The van der Waals surface area contributed by atoms with Gasteiger partial charge in [-0.25, -0.2) is 0 Å². The molecule has 2 N–H and O–H groups in total. The SMILES string of the molecule is CC(C)CC(CN)CC(=O)Cc1ccc(C(C)C)cc1. The maximum atomic E-state index is 12.1. The van der Waals surface area contributed by atoms with Gasteiger partial charge in [0, 0.05) is 12.8 Å². The van der Waals surface area contributed by atoms with E-state index in [0.717, 1.165) is 12.0 Å². The Morgan fingerprint density at radius 2 is 1.70 bits per heavy atom. The topological polar surface area (TPSA) is 43.1 Å². The second kappa shape index (κ2) is 8.21. The Hall–Kier alpha value is -1.15. The molecule has 2 nitrogen and oxygen atoms in total. The fourth-order valence-corrected chi connectivity index (χ4v) is 2.57. The molecule has 0 amide bonds. The number of ketones is 1. The zero-order valence-corrected chi connectivity index (χ0v) is 13.4. The van der Waals surface area contributed by atoms with E-state index >= 15 is 0 Å². The van der Waals surface area contributed by atoms with Gasteiger partial charge in [0.1, 0.15) is 5.78 Å². The summed E-state index contributed by atoms with van der Waals surface area (Å²) in [4.78, 5) is 12.1. The Morgan fingerprint density at radius 1 is 1.10 bits per heavy atom. The van der Waals surface area contributed by atoms with Crippen LogP contribution in [0.25, 0.3) is 0 Å². The van der Waals surface area contributed by atoms with Crippen molar-refractivity contribution in [3.05, 3.63) is 35.4 Å². The fraction of sp³-hybridized carbons (Fsp3) is 0.611. The first-order valence-corrected chi connectivity index (χ1v) is 7.73. The summed E-state index contributed by atoms with van der Waals surface area (Å²) in [7, 11) is 0. The first kappa shape index (κ1) is 16.9. The molecule has 0 spiro atoms. The number of carbonyl (C=O) groups excluding carboxylic acids is 1. The Kier molecular flexibility index (Phi) is 6.94. The molecule has 20 heavy (non-hydrogen) atoms. The number of hydrogen-bond acceptors (Lipinski definition) is 2. The van der Waals surface area contributed by atoms with E-state index in [2.05, 4.69) is 52.0 Å². The molecule has 0 fully saturated rings. The molecular weight excluding hydrogens is 246 g/mol. The molecule has 0 aliphatic heterocycles. The first-order chi connectivity index (χ1) is 9.42. The second-order valence-corrected chi connectivity index (χ2v) is 6.55. The van der Waals surface area contributed by atoms with E-state index in [4.69, 9.17) is 5.73 Å². The van der Waals surface area contributed by atoms with E-state index in [0.29, 0.717) is 42.9 Å². The lowest BCUT2D eigenvalue weighted by Gasteiger charge is -2.16. The van der Waals surface area contributed by atoms with Gasteiger partial charge in [0.05, 0.1) is 0 Å². The predicted molar refractivity (Wildman–Crippen MR) is 85.9 cm³/mol. The highest BCUT2D eigenvalue weighted by molar-refractivity contribution is 5.81. The Labute approximate surface area is 123 Å². The lowest BCUT2D eigenvalue weighted by molar-refractivity contribution is -0.119. The lowest BCUT2D eigenvalue weighted by Crippen LogP contribution is -2.20. The van der Waals surface area contributed by atoms with Crippen molar-refractivity contribution in [2.24, 2.45) is 17.6 Å². The maximum absolute atomic E-state index is 12.1. The predicted octanol–water partition coefficient (Wildman–Crippen LogP) is 3.93. The van der Waals surface area contributed by atoms with Gasteiger partial charge in [0.25, 0.3) is 0 Å². The van der Waals surface area contributed by atoms with Crippen LogP contribution in [0.3, 0.4) is 0 Å². The molecule has 0 saturated carbocycles. The molecule has 2 heteroatoms. The maximum Gasteiger partial charge on any atom is 0.137 e. The van der Waals surface area contributed by atoms with Crippen LogP contribution in [0.2, 0.25) is 0 Å². The van der Waals surface area contributed by atoms with Crippen molar-refractivity contribution in [3.63, 3.8) is 0 Å². The highest BCUT2D eigenvalue weighted by Gasteiger charge is 2.14. The van der Waals surface area contributed by atoms with Gasteiger partial charge in [-0.15, -0.1) is 0 Å². The molecule has 0 bridgehead atoms. The van der Waals surface area contributed by atoms with Gasteiger partial charge in [0.15, 0.2) is 0 Å². The molecule has 112 valence electrons. The van der Waals surface area contributed by atoms with Crippen molar-refractivity contribution >= 4 is 5.78 Å². The van der Waals surface area contributed by atoms with Crippen molar-refractivity contribution < 1.29 is 4.79 Å². The fourth-order valence-electron chi connectivity index (χ4n) is 2.57. The van der Waals surface area contributed by atoms with Crippen LogP contribution in [0.1, 0.15) is 57.6 Å². The minimum absolute atomic E-state index is 0.304. The molecule has 1 atom stereocenters. The average Bonchev–Trinajstić information content (AvgIpc) is 2.37. The normalized spacial score (nSPS) is 12.9. The molecule has 1 aromatic carbocycles. The summed E-state index contributed by atoms with van der Waals surface area (Å²) < 4.78 is 0. The lowest BCUT2D eigenvalue weighted by atomic mass is 9.90. The van der Waals surface area contributed by atoms with E-state index in [9.17, 15) is 4.79 Å². The molecule has 0 radical (unpaired) electrons. The summed E-state index contributed by atoms with van der Waals surface area (Å²) in [6, 6.07) is 8.41. The number of benzene rings is 1. The first-order valence-electron chi connectivity index (χ1n) is 7.73. The van der Waals surface area contributed by atoms with Crippen LogP contribution in [-0.4, -0.2) is 12.3 Å². The molecule has 0 aliphatic rings. The van der Waals surface area contributed by atoms with E-state index in [1.54, 1.807) is 0 Å². The quantitative estimate of drug-likeness (QED) is 0.781. The summed E-state index contributed by atoms with van der Waals surface area (Å²) in [5.41, 5.74) is 8.19. The smallest absolute Gasteiger partial charge is 0.137 e. The highest BCUT2D eigenvalue weighted by Crippen LogP contribution is 2.18. The zero-order chi connectivity index (χ0) is 15.1. The largest absolute Gasteiger partial charge is 0.330 e. The highest BCUT2D eigenvalue weighted by atomic mass is 16.1. The molecular formula is C18H29NO. The monoisotopic (exact) mass is 275 g/mol. The van der Waals surface area contributed by atoms with Gasteiger partial charge in [-0.3, -0.25) is 4.79 Å². The van der Waals surface area contributed by atoms with Crippen LogP contribution < -0.4 is 5.73 Å². The van der Waals surface area contributed by atoms with E-state index in [1.807, 2.05) is 0 Å². The summed E-state index contributed by atoms with van der Waals surface area (Å²) in [5.74, 6) is 1.77. The van der Waals surface area contributed by atoms with Gasteiger partial charge < -0.3 is 5.73 Å². The summed E-state index contributed by atoms with van der Waals surface area (Å²) in [6.45, 7) is 9.32. The van der Waals surface area contributed by atoms with Gasteiger partial charge in [-0.1, -0.05) is 52.0 Å². The molecule has 0 heterocycles. The second-order valence-electron chi connectivity index (χ2n) is 6.55. The van der Waals surface area contributed by atoms with Gasteiger partial charge in [-0.05, 0) is 41.8 Å². The molecule has 0 saturated heterocycles. The molecule has 1 rings (SSSR count). The standard InChI is InChI=1S/C18H29NO/c1-13(2)9-16(12-19)11-18(20)10-15-5-7-17(8-6-15)14(3)4/h5-8,13-14,16H,9-12,19H2,1-4H3. The third-order valence-electron chi connectivity index (χ3n) is 3.70. The van der Waals surface area contributed by atoms with Crippen molar-refractivity contribution in [1.29, 1.82) is 0 Å². The van der Waals surface area contributed by atoms with Crippen LogP contribution in [-0.2, 0) is 11.2 Å². The van der Waals surface area contributed by atoms with Gasteiger partial charge in [0.2, 0.25) is 0 Å². The van der Waals surface area contributed by atoms with Crippen LogP contribution in [0.5, 0.6) is 0 Å². The van der Waals surface area contributed by atoms with Crippen molar-refractivity contribution in [3.8, 4) is 0 Å². The zero-order valence-electron chi connectivity index (χ0n) is 13.4. The van der Waals surface area contributed by atoms with E-state index in [1.165, 1.54) is 5.56 Å². The summed E-state index contributed by atoms with van der Waals surface area (Å²) in [6.07, 6.45) is 2.18. The van der Waals surface area contributed by atoms with Crippen molar-refractivity contribution in [2.45, 2.75) is 52.9 Å². The molecule has 0 aromatic heterocycles. The van der Waals surface area contributed by atoms with Gasteiger partial charge >= 0.3 is 0 Å². The van der Waals surface area contributed by atoms with E-state index in [-0.39, 0.29) is 0 Å². The number of rotatable bonds is 8. The minimum atomic E-state index is 0.304. The summed E-state index contributed by atoms with van der Waals surface area (Å²) >= 11 is 0. The van der Waals surface area contributed by atoms with E-state index < -0.39 is 0 Å². The van der Waals surface area contributed by atoms with Crippen molar-refractivity contribution in [1.82, 2.24) is 0 Å². The third-order valence-corrected chi connectivity index (χ3v) is 3.70. The molecule has 0 aliphatic carbocycles. The van der Waals surface area contributed by atoms with Crippen molar-refractivity contribution in [2.75, 3.05) is 6.54 Å². The van der Waals surface area contributed by atoms with Crippen LogP contribution in [0.15, 0.2) is 24.3 Å². The van der Waals surface area contributed by atoms with Gasteiger partial charge in [-0.2, -0.15) is 0 Å². The van der Waals surface area contributed by atoms with Crippen LogP contribution >= 0.6 is 0 Å². The molecule has 1 aromatic rings. The number of nitrogens with two attached hydrogens (primary N) is 1. The Bertz CT molecular complexity index is 406. The number of Topliss-reactive ketones (excluding diaryl/α,β-unsaturated/α-hetero) is 1. The summed E-state index contributed by atoms with van der Waals surface area (Å²) in [5, 5.41) is 0. The number of carbonyl (C=O) groups is 1. The third kappa shape index (κ3) is 5.87. The Morgan fingerprint density at radius 3 is 2.15 bits per heavy atom. The Balaban J connectivity index is 2.52. The average molecular weight is 275 g/mol. The molecule has 1 unspecified atom stereocenters. The van der Waals surface area contributed by atoms with Crippen LogP contribution in [0.4, 0.5) is 0 Å². The number of hydrogen-bond donors (Lipinski definition) is 1. The van der Waals surface area contributed by atoms with Crippen LogP contribution in [0, 0.1) is 11.8 Å².